The van der Waals surface area contributed by atoms with Crippen molar-refractivity contribution in [2.45, 2.75) is 25.4 Å². The van der Waals surface area contributed by atoms with E-state index in [9.17, 15) is 4.79 Å². The average Bonchev–Trinajstić information content (AvgIpc) is 2.68. The maximum Gasteiger partial charge on any atom is 0.271 e. The van der Waals surface area contributed by atoms with Crippen molar-refractivity contribution in [1.29, 1.82) is 0 Å². The Bertz CT molecular complexity index is 899. The number of carbonyl (C=O) groups excluding carboxylic acids is 1. The SMILES string of the molecule is O=C(N[C@@H]1CCCN(Cc2cccnc2)C1)c1cnc2ccccc2n1. The predicted octanol–water partition coefficient (Wildman–Crippen LogP) is 2.42. The molecule has 2 aromatic heterocycles. The molecule has 6 heteroatoms. The topological polar surface area (TPSA) is 71.0 Å². The van der Waals surface area contributed by atoms with Crippen LogP contribution in [0.25, 0.3) is 11.0 Å². The summed E-state index contributed by atoms with van der Waals surface area (Å²) in [4.78, 5) is 27.9. The molecule has 6 nitrogen and oxygen atoms in total. The Morgan fingerprint density at radius 2 is 2.04 bits per heavy atom. The van der Waals surface area contributed by atoms with Crippen LogP contribution in [0.1, 0.15) is 28.9 Å². The second kappa shape index (κ2) is 7.58. The zero-order chi connectivity index (χ0) is 17.8. The summed E-state index contributed by atoms with van der Waals surface area (Å²) >= 11 is 0. The van der Waals surface area contributed by atoms with Crippen molar-refractivity contribution >= 4 is 16.9 Å². The Morgan fingerprint density at radius 3 is 2.88 bits per heavy atom. The summed E-state index contributed by atoms with van der Waals surface area (Å²) < 4.78 is 0. The van der Waals surface area contributed by atoms with Crippen molar-refractivity contribution in [3.63, 3.8) is 0 Å². The quantitative estimate of drug-likeness (QED) is 0.785. The first-order valence-corrected chi connectivity index (χ1v) is 8.92. The third-order valence-corrected chi connectivity index (χ3v) is 4.65. The lowest BCUT2D eigenvalue weighted by atomic mass is 10.0. The van der Waals surface area contributed by atoms with Crippen molar-refractivity contribution in [2.24, 2.45) is 0 Å². The number of fused-ring (bicyclic) bond motifs is 1. The number of benzene rings is 1. The number of nitrogens with one attached hydrogen (secondary N) is 1. The molecule has 1 atom stereocenters. The van der Waals surface area contributed by atoms with Crippen LogP contribution in [0, 0.1) is 0 Å². The maximum absolute atomic E-state index is 12.6. The lowest BCUT2D eigenvalue weighted by Crippen LogP contribution is -2.47. The van der Waals surface area contributed by atoms with Gasteiger partial charge in [-0.2, -0.15) is 0 Å². The van der Waals surface area contributed by atoms with Gasteiger partial charge >= 0.3 is 0 Å². The van der Waals surface area contributed by atoms with E-state index in [1.54, 1.807) is 12.4 Å². The number of piperidine rings is 1. The Labute approximate surface area is 152 Å². The van der Waals surface area contributed by atoms with E-state index < -0.39 is 0 Å². The van der Waals surface area contributed by atoms with E-state index in [1.807, 2.05) is 36.5 Å². The minimum atomic E-state index is -0.156. The van der Waals surface area contributed by atoms with E-state index in [1.165, 1.54) is 5.56 Å². The van der Waals surface area contributed by atoms with Gasteiger partial charge in [-0.15, -0.1) is 0 Å². The van der Waals surface area contributed by atoms with Crippen LogP contribution >= 0.6 is 0 Å². The van der Waals surface area contributed by atoms with Crippen LogP contribution in [0.2, 0.25) is 0 Å². The molecule has 1 amide bonds. The molecule has 132 valence electrons. The number of pyridine rings is 1. The number of rotatable bonds is 4. The van der Waals surface area contributed by atoms with Gasteiger partial charge in [0, 0.05) is 31.5 Å². The van der Waals surface area contributed by atoms with Gasteiger partial charge in [-0.3, -0.25) is 19.7 Å². The summed E-state index contributed by atoms with van der Waals surface area (Å²) in [5.41, 5.74) is 3.10. The maximum atomic E-state index is 12.6. The summed E-state index contributed by atoms with van der Waals surface area (Å²) in [6, 6.07) is 11.7. The van der Waals surface area contributed by atoms with Gasteiger partial charge in [0.15, 0.2) is 0 Å². The lowest BCUT2D eigenvalue weighted by Gasteiger charge is -2.33. The molecule has 1 N–H and O–H groups in total. The number of nitrogens with zero attached hydrogens (tertiary/aromatic N) is 4. The number of hydrogen-bond donors (Lipinski definition) is 1. The second-order valence-electron chi connectivity index (χ2n) is 6.65. The van der Waals surface area contributed by atoms with E-state index in [-0.39, 0.29) is 11.9 Å². The van der Waals surface area contributed by atoms with Crippen LogP contribution in [0.4, 0.5) is 0 Å². The summed E-state index contributed by atoms with van der Waals surface area (Å²) in [5, 5.41) is 3.12. The van der Waals surface area contributed by atoms with Crippen molar-refractivity contribution in [3.05, 3.63) is 66.2 Å². The van der Waals surface area contributed by atoms with Crippen LogP contribution in [0.3, 0.4) is 0 Å². The fourth-order valence-corrected chi connectivity index (χ4v) is 3.39. The van der Waals surface area contributed by atoms with E-state index in [4.69, 9.17) is 0 Å². The minimum Gasteiger partial charge on any atom is -0.347 e. The first kappa shape index (κ1) is 16.6. The highest BCUT2D eigenvalue weighted by molar-refractivity contribution is 5.93. The highest BCUT2D eigenvalue weighted by atomic mass is 16.2. The van der Waals surface area contributed by atoms with Crippen molar-refractivity contribution in [2.75, 3.05) is 13.1 Å². The van der Waals surface area contributed by atoms with Gasteiger partial charge in [0.2, 0.25) is 0 Å². The third kappa shape index (κ3) is 3.86. The van der Waals surface area contributed by atoms with Crippen LogP contribution in [-0.4, -0.2) is 44.9 Å². The highest BCUT2D eigenvalue weighted by Crippen LogP contribution is 2.14. The third-order valence-electron chi connectivity index (χ3n) is 4.65. The molecular weight excluding hydrogens is 326 g/mol. The van der Waals surface area contributed by atoms with E-state index in [0.717, 1.165) is 43.5 Å². The van der Waals surface area contributed by atoms with Gasteiger partial charge in [-0.1, -0.05) is 18.2 Å². The Morgan fingerprint density at radius 1 is 1.15 bits per heavy atom. The fraction of sp³-hybridized carbons (Fsp3) is 0.300. The van der Waals surface area contributed by atoms with Gasteiger partial charge < -0.3 is 5.32 Å². The molecule has 1 aromatic carbocycles. The Kier molecular flexibility index (Phi) is 4.84. The molecule has 1 fully saturated rings. The van der Waals surface area contributed by atoms with Gasteiger partial charge in [0.1, 0.15) is 5.69 Å². The van der Waals surface area contributed by atoms with Gasteiger partial charge in [-0.05, 0) is 43.1 Å². The lowest BCUT2D eigenvalue weighted by molar-refractivity contribution is 0.0895. The molecule has 4 rings (SSSR count). The molecule has 0 spiro atoms. The van der Waals surface area contributed by atoms with E-state index in [0.29, 0.717) is 5.69 Å². The molecule has 0 saturated carbocycles. The number of carbonyl (C=O) groups is 1. The first-order chi connectivity index (χ1) is 12.8. The van der Waals surface area contributed by atoms with Crippen LogP contribution in [0.15, 0.2) is 55.0 Å². The molecule has 0 unspecified atom stereocenters. The van der Waals surface area contributed by atoms with Crippen LogP contribution in [-0.2, 0) is 6.54 Å². The molecule has 26 heavy (non-hydrogen) atoms. The second-order valence-corrected chi connectivity index (χ2v) is 6.65. The molecule has 1 aliphatic rings. The summed E-state index contributed by atoms with van der Waals surface area (Å²) in [7, 11) is 0. The fourth-order valence-electron chi connectivity index (χ4n) is 3.39. The van der Waals surface area contributed by atoms with E-state index >= 15 is 0 Å². The van der Waals surface area contributed by atoms with Gasteiger partial charge in [-0.25, -0.2) is 4.98 Å². The largest absolute Gasteiger partial charge is 0.347 e. The summed E-state index contributed by atoms with van der Waals surface area (Å²) in [5.74, 6) is -0.156. The molecule has 0 aliphatic carbocycles. The molecule has 0 radical (unpaired) electrons. The number of para-hydroxylation sites is 2. The van der Waals surface area contributed by atoms with Crippen LogP contribution in [0.5, 0.6) is 0 Å². The predicted molar refractivity (Wildman–Crippen MR) is 99.5 cm³/mol. The molecular formula is C20H21N5O. The number of amides is 1. The van der Waals surface area contributed by atoms with Crippen LogP contribution < -0.4 is 5.32 Å². The van der Waals surface area contributed by atoms with Gasteiger partial charge in [0.25, 0.3) is 5.91 Å². The molecule has 3 heterocycles. The average molecular weight is 347 g/mol. The Hall–Kier alpha value is -2.86. The van der Waals surface area contributed by atoms with E-state index in [2.05, 4.69) is 31.2 Å². The first-order valence-electron chi connectivity index (χ1n) is 8.92. The molecule has 1 aliphatic heterocycles. The van der Waals surface area contributed by atoms with Crippen molar-refractivity contribution < 1.29 is 4.79 Å². The Balaban J connectivity index is 1.40. The zero-order valence-electron chi connectivity index (χ0n) is 14.5. The molecule has 0 bridgehead atoms. The summed E-state index contributed by atoms with van der Waals surface area (Å²) in [6.45, 7) is 2.73. The monoisotopic (exact) mass is 347 g/mol. The molecule has 3 aromatic rings. The number of likely N-dealkylation sites (tertiary alicyclic amines) is 1. The minimum absolute atomic E-state index is 0.126. The smallest absolute Gasteiger partial charge is 0.271 e. The number of hydrogen-bond acceptors (Lipinski definition) is 5. The number of aromatic nitrogens is 3. The zero-order valence-corrected chi connectivity index (χ0v) is 14.5. The van der Waals surface area contributed by atoms with Gasteiger partial charge in [0.05, 0.1) is 17.2 Å². The summed E-state index contributed by atoms with van der Waals surface area (Å²) in [6.07, 6.45) is 7.28. The highest BCUT2D eigenvalue weighted by Gasteiger charge is 2.22. The molecule has 1 saturated heterocycles. The van der Waals surface area contributed by atoms with Crippen molar-refractivity contribution in [1.82, 2.24) is 25.2 Å². The standard InChI is InChI=1S/C20H21N5O/c26-20(19-12-22-17-7-1-2-8-18(17)24-19)23-16-6-4-10-25(14-16)13-15-5-3-9-21-11-15/h1-3,5,7-9,11-12,16H,4,6,10,13-14H2,(H,23,26)/t16-/m1/s1. The normalized spacial score (nSPS) is 17.9. The van der Waals surface area contributed by atoms with Crippen molar-refractivity contribution in [3.8, 4) is 0 Å².